The van der Waals surface area contributed by atoms with E-state index in [9.17, 15) is 24.6 Å². The second-order valence-electron chi connectivity index (χ2n) is 12.5. The molecule has 1 aliphatic carbocycles. The minimum Gasteiger partial charge on any atom is -0.492 e. The summed E-state index contributed by atoms with van der Waals surface area (Å²) in [5.74, 6) is -0.673. The van der Waals surface area contributed by atoms with Crippen molar-refractivity contribution in [3.8, 4) is 17.2 Å². The molecular formula is C36H39NO9. The van der Waals surface area contributed by atoms with Crippen LogP contribution in [-0.2, 0) is 32.1 Å². The van der Waals surface area contributed by atoms with Crippen molar-refractivity contribution in [2.24, 2.45) is 0 Å². The van der Waals surface area contributed by atoms with Crippen molar-refractivity contribution in [1.82, 2.24) is 4.98 Å². The maximum Gasteiger partial charge on any atom is 0.375 e. The van der Waals surface area contributed by atoms with Crippen LogP contribution in [0.4, 0.5) is 0 Å². The Morgan fingerprint density at radius 2 is 1.96 bits per heavy atom. The summed E-state index contributed by atoms with van der Waals surface area (Å²) >= 11 is 0. The summed E-state index contributed by atoms with van der Waals surface area (Å²) < 4.78 is 24.2. The first kappa shape index (κ1) is 31.6. The number of allylic oxidation sites excluding steroid dienone is 3. The first-order valence-corrected chi connectivity index (χ1v) is 15.8. The van der Waals surface area contributed by atoms with Gasteiger partial charge in [-0.05, 0) is 69.2 Å². The number of aromatic amines is 1. The summed E-state index contributed by atoms with van der Waals surface area (Å²) in [6, 6.07) is 7.84. The van der Waals surface area contributed by atoms with Gasteiger partial charge in [-0.3, -0.25) is 9.59 Å². The van der Waals surface area contributed by atoms with E-state index < -0.39 is 30.2 Å². The zero-order chi connectivity index (χ0) is 32.7. The monoisotopic (exact) mass is 629 g/mol. The normalized spacial score (nSPS) is 21.0. The molecule has 6 rings (SSSR count). The molecule has 0 saturated heterocycles. The second-order valence-corrected chi connectivity index (χ2v) is 12.5. The van der Waals surface area contributed by atoms with Crippen LogP contribution >= 0.6 is 0 Å². The van der Waals surface area contributed by atoms with Crippen molar-refractivity contribution in [2.75, 3.05) is 13.2 Å². The smallest absolute Gasteiger partial charge is 0.375 e. The Bertz CT molecular complexity index is 1790. The Kier molecular flexibility index (Phi) is 8.52. The van der Waals surface area contributed by atoms with Crippen LogP contribution in [0.3, 0.4) is 0 Å². The molecule has 10 nitrogen and oxygen atoms in total. The molecule has 3 aliphatic rings. The van der Waals surface area contributed by atoms with Gasteiger partial charge in [-0.25, -0.2) is 4.79 Å². The van der Waals surface area contributed by atoms with Crippen LogP contribution in [0.2, 0.25) is 0 Å². The Morgan fingerprint density at radius 3 is 2.65 bits per heavy atom. The number of benzene rings is 2. The van der Waals surface area contributed by atoms with Gasteiger partial charge in [0, 0.05) is 41.6 Å². The van der Waals surface area contributed by atoms with Crippen LogP contribution in [0, 0.1) is 0 Å². The lowest BCUT2D eigenvalue weighted by atomic mass is 9.75. The fraction of sp³-hybridized carbons (Fsp3) is 0.417. The molecule has 3 aromatic rings. The number of aromatic nitrogens is 1. The van der Waals surface area contributed by atoms with E-state index in [4.69, 9.17) is 18.9 Å². The third-order valence-electron chi connectivity index (χ3n) is 8.99. The molecule has 2 aliphatic heterocycles. The number of H-pyrrole nitrogens is 1. The molecule has 1 fully saturated rings. The average Bonchev–Trinajstić information content (AvgIpc) is 3.70. The molecule has 1 aromatic heterocycles. The first-order chi connectivity index (χ1) is 22.1. The molecule has 0 amide bonds. The van der Waals surface area contributed by atoms with E-state index in [0.717, 1.165) is 22.0 Å². The zero-order valence-electron chi connectivity index (χ0n) is 26.5. The van der Waals surface area contributed by atoms with Gasteiger partial charge in [-0.15, -0.1) is 0 Å². The number of carbonyl (C=O) groups excluding carboxylic acids is 3. The summed E-state index contributed by atoms with van der Waals surface area (Å²) in [5, 5.41) is 22.6. The SMILES string of the molecule is CCCOc1c2c(c(CO)c3c1C(=C1CCC(=O)C(c4ccc5[nH]ccc5c4)C1)C(C=O)=C(C(=O)OCC)O3)OC(C(C)(C)O)C2. The number of ether oxygens (including phenoxy) is 4. The molecule has 2 unspecified atom stereocenters. The summed E-state index contributed by atoms with van der Waals surface area (Å²) in [5.41, 5.74) is 3.15. The number of aldehydes is 1. The molecule has 0 radical (unpaired) electrons. The highest BCUT2D eigenvalue weighted by atomic mass is 16.6. The number of esters is 1. The number of hydrogen-bond donors (Lipinski definition) is 3. The number of fused-ring (bicyclic) bond motifs is 3. The van der Waals surface area contributed by atoms with E-state index in [-0.39, 0.29) is 47.9 Å². The standard InChI is InChI=1S/C36H39NO9/c1-5-13-44-32-23-16-28(36(3,4)42)45-31(23)25(18-39)33-30(32)29(24(17-38)34(46-33)35(41)43-6-2)21-8-10-27(40)22(15-21)19-7-9-26-20(14-19)11-12-37-26/h7,9,11-12,14,17,22,28,37,39,42H,5-6,8,10,13,15-16,18H2,1-4H3. The molecule has 2 aromatic carbocycles. The fourth-order valence-electron chi connectivity index (χ4n) is 6.69. The maximum atomic E-state index is 13.4. The van der Waals surface area contributed by atoms with Crippen LogP contribution < -0.4 is 14.2 Å². The van der Waals surface area contributed by atoms with Gasteiger partial charge in [-0.2, -0.15) is 0 Å². The van der Waals surface area contributed by atoms with Crippen molar-refractivity contribution < 1.29 is 43.5 Å². The molecule has 2 atom stereocenters. The zero-order valence-corrected chi connectivity index (χ0v) is 26.5. The highest BCUT2D eigenvalue weighted by Crippen LogP contribution is 2.56. The lowest BCUT2D eigenvalue weighted by Crippen LogP contribution is -2.39. The summed E-state index contributed by atoms with van der Waals surface area (Å²) in [6.45, 7) is 6.78. The van der Waals surface area contributed by atoms with Gasteiger partial charge in [0.05, 0.1) is 42.1 Å². The van der Waals surface area contributed by atoms with E-state index in [2.05, 4.69) is 4.98 Å². The molecule has 10 heteroatoms. The van der Waals surface area contributed by atoms with Crippen LogP contribution in [0.5, 0.6) is 17.2 Å². The molecule has 3 N–H and O–H groups in total. The molecule has 0 spiro atoms. The number of Topliss-reactive ketones (excluding diaryl/α,β-unsaturated/α-hetero) is 1. The average molecular weight is 630 g/mol. The molecule has 242 valence electrons. The number of aliphatic hydroxyl groups is 2. The largest absolute Gasteiger partial charge is 0.492 e. The summed E-state index contributed by atoms with van der Waals surface area (Å²) in [7, 11) is 0. The Balaban J connectivity index is 1.62. The Labute approximate surface area is 267 Å². The van der Waals surface area contributed by atoms with Gasteiger partial charge < -0.3 is 34.1 Å². The molecule has 1 saturated carbocycles. The van der Waals surface area contributed by atoms with Gasteiger partial charge >= 0.3 is 5.97 Å². The van der Waals surface area contributed by atoms with E-state index in [1.165, 1.54) is 0 Å². The minimum atomic E-state index is -1.23. The van der Waals surface area contributed by atoms with Gasteiger partial charge in [0.1, 0.15) is 29.1 Å². The Hall–Kier alpha value is -4.41. The minimum absolute atomic E-state index is 0.00160. The lowest BCUT2D eigenvalue weighted by Gasteiger charge is -2.32. The molecular weight excluding hydrogens is 590 g/mol. The molecule has 0 bridgehead atoms. The quantitative estimate of drug-likeness (QED) is 0.214. The summed E-state index contributed by atoms with van der Waals surface area (Å²) in [6.07, 6.45) is 3.63. The van der Waals surface area contributed by atoms with Crippen molar-refractivity contribution in [1.29, 1.82) is 0 Å². The van der Waals surface area contributed by atoms with E-state index in [0.29, 0.717) is 60.4 Å². The van der Waals surface area contributed by atoms with Gasteiger partial charge in [0.15, 0.2) is 6.29 Å². The topological polar surface area (TPSA) is 144 Å². The van der Waals surface area contributed by atoms with Gasteiger partial charge in [0.25, 0.3) is 0 Å². The second kappa shape index (κ2) is 12.4. The molecule has 3 heterocycles. The van der Waals surface area contributed by atoms with Crippen LogP contribution in [0.15, 0.2) is 47.4 Å². The van der Waals surface area contributed by atoms with Crippen molar-refractivity contribution in [3.63, 3.8) is 0 Å². The summed E-state index contributed by atoms with van der Waals surface area (Å²) in [4.78, 5) is 42.9. The van der Waals surface area contributed by atoms with Crippen molar-refractivity contribution >= 4 is 34.5 Å². The van der Waals surface area contributed by atoms with Crippen molar-refractivity contribution in [2.45, 2.75) is 84.0 Å². The van der Waals surface area contributed by atoms with E-state index in [1.54, 1.807) is 20.8 Å². The van der Waals surface area contributed by atoms with E-state index >= 15 is 0 Å². The maximum absolute atomic E-state index is 13.4. The Morgan fingerprint density at radius 1 is 1.15 bits per heavy atom. The lowest BCUT2D eigenvalue weighted by molar-refractivity contribution is -0.141. The number of ketones is 1. The van der Waals surface area contributed by atoms with Crippen LogP contribution in [0.25, 0.3) is 16.5 Å². The highest BCUT2D eigenvalue weighted by Gasteiger charge is 2.44. The third-order valence-corrected chi connectivity index (χ3v) is 8.99. The predicted octanol–water partition coefficient (Wildman–Crippen LogP) is 5.22. The van der Waals surface area contributed by atoms with Crippen LogP contribution in [-0.4, -0.2) is 58.2 Å². The third kappa shape index (κ3) is 5.39. The van der Waals surface area contributed by atoms with Crippen LogP contribution in [0.1, 0.15) is 81.5 Å². The van der Waals surface area contributed by atoms with E-state index in [1.807, 2.05) is 37.4 Å². The van der Waals surface area contributed by atoms with Crippen molar-refractivity contribution in [3.05, 3.63) is 69.6 Å². The number of hydrogen-bond acceptors (Lipinski definition) is 9. The molecule has 46 heavy (non-hydrogen) atoms. The number of carbonyl (C=O) groups is 3. The number of nitrogens with one attached hydrogen (secondary N) is 1. The highest BCUT2D eigenvalue weighted by molar-refractivity contribution is 6.11. The van der Waals surface area contributed by atoms with Gasteiger partial charge in [-0.1, -0.05) is 18.6 Å². The fourth-order valence-corrected chi connectivity index (χ4v) is 6.69. The number of aliphatic hydroxyl groups excluding tert-OH is 1. The first-order valence-electron chi connectivity index (χ1n) is 15.8. The van der Waals surface area contributed by atoms with Gasteiger partial charge in [0.2, 0.25) is 5.76 Å². The predicted molar refractivity (Wildman–Crippen MR) is 170 cm³/mol. The number of rotatable bonds is 9.